The molecule has 0 unspecified atom stereocenters. The highest BCUT2D eigenvalue weighted by atomic mass is 16.5. The normalized spacial score (nSPS) is 11.2. The standard InChI is InChI=1S/C23H25N3O3/c1-28-15-14-26-11-8-17-6-7-18(16-21(17)26)23(27)24-10-13-25-12-9-19-20(25)4-3-5-22(19)29-2/h3-9,11-12,16H,10,13-15H2,1-2H3,(H,24,27). The van der Waals surface area contributed by atoms with E-state index in [1.165, 1.54) is 0 Å². The molecule has 4 aromatic rings. The number of hydrogen-bond donors (Lipinski definition) is 1. The van der Waals surface area contributed by atoms with Gasteiger partial charge in [0.05, 0.1) is 19.2 Å². The summed E-state index contributed by atoms with van der Waals surface area (Å²) in [6.07, 6.45) is 4.05. The first kappa shape index (κ1) is 19.1. The molecule has 0 spiro atoms. The smallest absolute Gasteiger partial charge is 0.251 e. The van der Waals surface area contributed by atoms with E-state index in [9.17, 15) is 4.79 Å². The van der Waals surface area contributed by atoms with Crippen molar-refractivity contribution in [1.82, 2.24) is 14.5 Å². The van der Waals surface area contributed by atoms with Gasteiger partial charge in [0.1, 0.15) is 5.75 Å². The van der Waals surface area contributed by atoms with E-state index in [1.54, 1.807) is 14.2 Å². The van der Waals surface area contributed by atoms with Gasteiger partial charge < -0.3 is 23.9 Å². The van der Waals surface area contributed by atoms with Gasteiger partial charge in [0, 0.05) is 55.6 Å². The average Bonchev–Trinajstić information content (AvgIpc) is 3.35. The highest BCUT2D eigenvalue weighted by molar-refractivity contribution is 5.98. The molecule has 0 radical (unpaired) electrons. The lowest BCUT2D eigenvalue weighted by Gasteiger charge is -2.09. The molecular weight excluding hydrogens is 366 g/mol. The second-order valence-electron chi connectivity index (χ2n) is 6.93. The maximum atomic E-state index is 12.7. The fraction of sp³-hybridized carbons (Fsp3) is 0.261. The third-order valence-corrected chi connectivity index (χ3v) is 5.20. The van der Waals surface area contributed by atoms with Crippen molar-refractivity contribution in [2.75, 3.05) is 27.4 Å². The predicted molar refractivity (Wildman–Crippen MR) is 115 cm³/mol. The minimum Gasteiger partial charge on any atom is -0.496 e. The fourth-order valence-corrected chi connectivity index (χ4v) is 3.67. The molecule has 2 aromatic carbocycles. The van der Waals surface area contributed by atoms with Crippen molar-refractivity contribution < 1.29 is 14.3 Å². The summed E-state index contributed by atoms with van der Waals surface area (Å²) in [5, 5.41) is 5.21. The summed E-state index contributed by atoms with van der Waals surface area (Å²) < 4.78 is 14.8. The van der Waals surface area contributed by atoms with Crippen LogP contribution in [-0.4, -0.2) is 42.4 Å². The molecule has 2 aromatic heterocycles. The second kappa shape index (κ2) is 8.41. The van der Waals surface area contributed by atoms with E-state index < -0.39 is 0 Å². The molecule has 0 aliphatic heterocycles. The van der Waals surface area contributed by atoms with E-state index in [0.29, 0.717) is 25.3 Å². The average molecular weight is 391 g/mol. The molecule has 0 saturated heterocycles. The highest BCUT2D eigenvalue weighted by Crippen LogP contribution is 2.26. The molecule has 2 heterocycles. The Labute approximate surface area is 169 Å². The summed E-state index contributed by atoms with van der Waals surface area (Å²) in [7, 11) is 3.36. The zero-order chi connectivity index (χ0) is 20.2. The summed E-state index contributed by atoms with van der Waals surface area (Å²) in [4.78, 5) is 12.7. The summed E-state index contributed by atoms with van der Waals surface area (Å²) >= 11 is 0. The van der Waals surface area contributed by atoms with E-state index in [4.69, 9.17) is 9.47 Å². The van der Waals surface area contributed by atoms with E-state index in [2.05, 4.69) is 26.6 Å². The Morgan fingerprint density at radius 2 is 1.79 bits per heavy atom. The van der Waals surface area contributed by atoms with Crippen LogP contribution in [0.4, 0.5) is 0 Å². The molecule has 1 N–H and O–H groups in total. The molecule has 0 aliphatic carbocycles. The SMILES string of the molecule is COCCn1ccc2ccc(C(=O)NCCn3ccc4c(OC)cccc43)cc21. The number of carbonyl (C=O) groups excluding carboxylic acids is 1. The molecular formula is C23H25N3O3. The first-order chi connectivity index (χ1) is 14.2. The van der Waals surface area contributed by atoms with Gasteiger partial charge >= 0.3 is 0 Å². The summed E-state index contributed by atoms with van der Waals surface area (Å²) in [6, 6.07) is 15.9. The lowest BCUT2D eigenvalue weighted by Crippen LogP contribution is -2.27. The number of nitrogens with zero attached hydrogens (tertiary/aromatic N) is 2. The van der Waals surface area contributed by atoms with Crippen LogP contribution in [0.3, 0.4) is 0 Å². The zero-order valence-electron chi connectivity index (χ0n) is 16.7. The molecule has 1 amide bonds. The Morgan fingerprint density at radius 3 is 2.62 bits per heavy atom. The third kappa shape index (κ3) is 3.84. The number of benzene rings is 2. The van der Waals surface area contributed by atoms with Crippen LogP contribution < -0.4 is 10.1 Å². The molecule has 0 aliphatic rings. The van der Waals surface area contributed by atoms with Crippen molar-refractivity contribution in [1.29, 1.82) is 0 Å². The topological polar surface area (TPSA) is 57.4 Å². The first-order valence-electron chi connectivity index (χ1n) is 9.69. The number of aromatic nitrogens is 2. The van der Waals surface area contributed by atoms with Crippen molar-refractivity contribution >= 4 is 27.7 Å². The molecule has 29 heavy (non-hydrogen) atoms. The van der Waals surface area contributed by atoms with E-state index in [1.807, 2.05) is 48.8 Å². The van der Waals surface area contributed by atoms with Crippen molar-refractivity contribution in [3.05, 3.63) is 66.5 Å². The number of nitrogens with one attached hydrogen (secondary N) is 1. The van der Waals surface area contributed by atoms with Gasteiger partial charge in [0.2, 0.25) is 0 Å². The number of hydrogen-bond acceptors (Lipinski definition) is 3. The molecule has 0 saturated carbocycles. The number of rotatable bonds is 8. The van der Waals surface area contributed by atoms with Crippen molar-refractivity contribution in [2.24, 2.45) is 0 Å². The van der Waals surface area contributed by atoms with Crippen LogP contribution >= 0.6 is 0 Å². The number of fused-ring (bicyclic) bond motifs is 2. The number of methoxy groups -OCH3 is 2. The van der Waals surface area contributed by atoms with Gasteiger partial charge in [0.15, 0.2) is 0 Å². The van der Waals surface area contributed by atoms with Gasteiger partial charge in [-0.05, 0) is 41.8 Å². The quantitative estimate of drug-likeness (QED) is 0.498. The highest BCUT2D eigenvalue weighted by Gasteiger charge is 2.10. The van der Waals surface area contributed by atoms with Crippen molar-refractivity contribution in [2.45, 2.75) is 13.1 Å². The van der Waals surface area contributed by atoms with E-state index >= 15 is 0 Å². The Morgan fingerprint density at radius 1 is 0.966 bits per heavy atom. The van der Waals surface area contributed by atoms with Crippen LogP contribution in [0.15, 0.2) is 60.9 Å². The van der Waals surface area contributed by atoms with Crippen molar-refractivity contribution in [3.63, 3.8) is 0 Å². The maximum Gasteiger partial charge on any atom is 0.251 e. The molecule has 150 valence electrons. The van der Waals surface area contributed by atoms with Gasteiger partial charge in [-0.3, -0.25) is 4.79 Å². The Balaban J connectivity index is 1.43. The van der Waals surface area contributed by atoms with Gasteiger partial charge in [-0.15, -0.1) is 0 Å². The largest absolute Gasteiger partial charge is 0.496 e. The maximum absolute atomic E-state index is 12.7. The summed E-state index contributed by atoms with van der Waals surface area (Å²) in [5.41, 5.74) is 2.79. The fourth-order valence-electron chi connectivity index (χ4n) is 3.67. The predicted octanol–water partition coefficient (Wildman–Crippen LogP) is 3.68. The van der Waals surface area contributed by atoms with Crippen LogP contribution in [0.5, 0.6) is 5.75 Å². The van der Waals surface area contributed by atoms with Crippen LogP contribution in [0.25, 0.3) is 21.8 Å². The summed E-state index contributed by atoms with van der Waals surface area (Å²) in [6.45, 7) is 2.63. The monoisotopic (exact) mass is 391 g/mol. The first-order valence-corrected chi connectivity index (χ1v) is 9.69. The Kier molecular flexibility index (Phi) is 5.53. The van der Waals surface area contributed by atoms with Crippen molar-refractivity contribution in [3.8, 4) is 5.75 Å². The minimum atomic E-state index is -0.0690. The molecule has 4 rings (SSSR count). The molecule has 0 atom stereocenters. The van der Waals surface area contributed by atoms with E-state index in [0.717, 1.165) is 34.1 Å². The number of amides is 1. The summed E-state index contributed by atoms with van der Waals surface area (Å²) in [5.74, 6) is 0.787. The number of ether oxygens (including phenoxy) is 2. The Bertz CT molecular complexity index is 1140. The molecule has 6 nitrogen and oxygen atoms in total. The van der Waals surface area contributed by atoms with E-state index in [-0.39, 0.29) is 5.91 Å². The van der Waals surface area contributed by atoms with Gasteiger partial charge in [-0.1, -0.05) is 12.1 Å². The Hall–Kier alpha value is -3.25. The molecule has 6 heteroatoms. The lowest BCUT2D eigenvalue weighted by atomic mass is 10.1. The zero-order valence-corrected chi connectivity index (χ0v) is 16.7. The van der Waals surface area contributed by atoms with Crippen LogP contribution in [0.1, 0.15) is 10.4 Å². The second-order valence-corrected chi connectivity index (χ2v) is 6.93. The van der Waals surface area contributed by atoms with Crippen LogP contribution in [0.2, 0.25) is 0 Å². The minimum absolute atomic E-state index is 0.0690. The third-order valence-electron chi connectivity index (χ3n) is 5.20. The number of carbonyl (C=O) groups is 1. The lowest BCUT2D eigenvalue weighted by molar-refractivity contribution is 0.0952. The van der Waals surface area contributed by atoms with Crippen LogP contribution in [-0.2, 0) is 17.8 Å². The molecule has 0 fully saturated rings. The molecule has 0 bridgehead atoms. The van der Waals surface area contributed by atoms with Gasteiger partial charge in [0.25, 0.3) is 5.91 Å². The van der Waals surface area contributed by atoms with Crippen LogP contribution in [0, 0.1) is 0 Å². The van der Waals surface area contributed by atoms with Gasteiger partial charge in [-0.25, -0.2) is 0 Å². The van der Waals surface area contributed by atoms with Gasteiger partial charge in [-0.2, -0.15) is 0 Å².